The molecule has 2 aromatic carbocycles. The molecule has 3 rings (SSSR count). The highest BCUT2D eigenvalue weighted by atomic mass is 19.1. The molecule has 0 spiro atoms. The van der Waals surface area contributed by atoms with Crippen LogP contribution in [0.1, 0.15) is 24.5 Å². The number of hydrogen-bond donors (Lipinski definition) is 2. The van der Waals surface area contributed by atoms with Gasteiger partial charge < -0.3 is 20.3 Å². The minimum Gasteiger partial charge on any atom is -0.479 e. The lowest BCUT2D eigenvalue weighted by molar-refractivity contribution is -0.145. The topological polar surface area (TPSA) is 118 Å². The summed E-state index contributed by atoms with van der Waals surface area (Å²) in [5.41, 5.74) is 8.14. The number of nitrogens with two attached hydrogens (primary N) is 1. The van der Waals surface area contributed by atoms with Crippen LogP contribution in [0.15, 0.2) is 48.5 Å². The van der Waals surface area contributed by atoms with Gasteiger partial charge in [0.25, 0.3) is 11.8 Å². The smallest absolute Gasteiger partial charge is 0.344 e. The second-order valence-corrected chi connectivity index (χ2v) is 6.74. The predicted molar refractivity (Wildman–Crippen MR) is 111 cm³/mol. The standard InChI is InChI=1S/C23H19F2N3O4/c1-2-19(23(29)30)31-21-17(24)10-18(25)22(28-21)32-20-9-15(6-7-16(20)12-27)14-5-3-4-13(8-14)11-26/h3-10,19H,2,11,26H2,1H3,(H,29,30)/t19-/m1/s1. The number of aromatic nitrogens is 1. The van der Waals surface area contributed by atoms with E-state index in [-0.39, 0.29) is 17.7 Å². The van der Waals surface area contributed by atoms with Gasteiger partial charge in [-0.3, -0.25) is 0 Å². The molecule has 164 valence electrons. The Morgan fingerprint density at radius 2 is 1.88 bits per heavy atom. The molecule has 0 amide bonds. The number of benzene rings is 2. The fourth-order valence-corrected chi connectivity index (χ4v) is 2.89. The van der Waals surface area contributed by atoms with Crippen molar-refractivity contribution < 1.29 is 28.2 Å². The first-order chi connectivity index (χ1) is 15.4. The van der Waals surface area contributed by atoms with Crippen molar-refractivity contribution in [2.75, 3.05) is 0 Å². The molecular weight excluding hydrogens is 420 g/mol. The predicted octanol–water partition coefficient (Wildman–Crippen LogP) is 4.39. The molecule has 7 nitrogen and oxygen atoms in total. The van der Waals surface area contributed by atoms with E-state index in [1.807, 2.05) is 30.3 Å². The van der Waals surface area contributed by atoms with Gasteiger partial charge in [-0.1, -0.05) is 31.2 Å². The van der Waals surface area contributed by atoms with E-state index in [4.69, 9.17) is 20.3 Å². The summed E-state index contributed by atoms with van der Waals surface area (Å²) in [6, 6.07) is 14.5. The van der Waals surface area contributed by atoms with Crippen LogP contribution >= 0.6 is 0 Å². The highest BCUT2D eigenvalue weighted by Gasteiger charge is 2.23. The Morgan fingerprint density at radius 3 is 2.53 bits per heavy atom. The maximum Gasteiger partial charge on any atom is 0.344 e. The summed E-state index contributed by atoms with van der Waals surface area (Å²) in [6.07, 6.45) is -1.34. The Labute approximate surface area is 182 Å². The number of aliphatic carboxylic acids is 1. The Kier molecular flexibility index (Phi) is 6.97. The molecule has 0 radical (unpaired) electrons. The molecule has 1 atom stereocenters. The first-order valence-corrected chi connectivity index (χ1v) is 9.63. The van der Waals surface area contributed by atoms with Crippen LogP contribution in [0.2, 0.25) is 0 Å². The Hall–Kier alpha value is -4.03. The number of carboxylic acids is 1. The number of carbonyl (C=O) groups is 1. The first kappa shape index (κ1) is 22.7. The van der Waals surface area contributed by atoms with Crippen molar-refractivity contribution in [3.8, 4) is 34.7 Å². The van der Waals surface area contributed by atoms with E-state index in [9.17, 15) is 18.8 Å². The normalized spacial score (nSPS) is 11.5. The molecule has 0 saturated heterocycles. The quantitative estimate of drug-likeness (QED) is 0.534. The van der Waals surface area contributed by atoms with Crippen LogP contribution < -0.4 is 15.2 Å². The van der Waals surface area contributed by atoms with Crippen LogP contribution in [0.3, 0.4) is 0 Å². The highest BCUT2D eigenvalue weighted by Crippen LogP contribution is 2.33. The summed E-state index contributed by atoms with van der Waals surface area (Å²) >= 11 is 0. The van der Waals surface area contributed by atoms with Gasteiger partial charge in [0.15, 0.2) is 17.7 Å². The third-order valence-corrected chi connectivity index (χ3v) is 4.57. The van der Waals surface area contributed by atoms with Gasteiger partial charge in [-0.15, -0.1) is 0 Å². The minimum atomic E-state index is -1.37. The van der Waals surface area contributed by atoms with Gasteiger partial charge in [0.05, 0.1) is 5.56 Å². The zero-order chi connectivity index (χ0) is 23.3. The molecule has 0 unspecified atom stereocenters. The number of carboxylic acid groups (broad SMARTS) is 1. The van der Waals surface area contributed by atoms with E-state index in [2.05, 4.69) is 4.98 Å². The number of hydrogen-bond acceptors (Lipinski definition) is 6. The van der Waals surface area contributed by atoms with Crippen LogP contribution in [0.5, 0.6) is 17.5 Å². The maximum atomic E-state index is 14.4. The van der Waals surface area contributed by atoms with Crippen LogP contribution in [0.4, 0.5) is 8.78 Å². The van der Waals surface area contributed by atoms with E-state index in [0.717, 1.165) is 11.1 Å². The van der Waals surface area contributed by atoms with Crippen molar-refractivity contribution >= 4 is 5.97 Å². The zero-order valence-electron chi connectivity index (χ0n) is 17.0. The maximum absolute atomic E-state index is 14.4. The summed E-state index contributed by atoms with van der Waals surface area (Å²) in [5, 5.41) is 18.5. The molecule has 0 aliphatic heterocycles. The lowest BCUT2D eigenvalue weighted by Gasteiger charge is -2.15. The molecule has 1 aromatic heterocycles. The number of rotatable bonds is 8. The van der Waals surface area contributed by atoms with Crippen LogP contribution in [-0.2, 0) is 11.3 Å². The lowest BCUT2D eigenvalue weighted by Crippen LogP contribution is -2.26. The number of nitrogens with zero attached hydrogens (tertiary/aromatic N) is 2. The Bertz CT molecular complexity index is 1190. The summed E-state index contributed by atoms with van der Waals surface area (Å²) in [4.78, 5) is 14.8. The Balaban J connectivity index is 1.99. The van der Waals surface area contributed by atoms with Crippen molar-refractivity contribution in [1.29, 1.82) is 5.26 Å². The largest absolute Gasteiger partial charge is 0.479 e. The molecule has 0 bridgehead atoms. The van der Waals surface area contributed by atoms with Gasteiger partial charge in [0.1, 0.15) is 11.8 Å². The monoisotopic (exact) mass is 439 g/mol. The van der Waals surface area contributed by atoms with E-state index < -0.39 is 35.5 Å². The third kappa shape index (κ3) is 4.99. The number of halogens is 2. The molecule has 0 saturated carbocycles. The molecule has 0 fully saturated rings. The molecular formula is C23H19F2N3O4. The molecule has 3 N–H and O–H groups in total. The second-order valence-electron chi connectivity index (χ2n) is 6.74. The van der Waals surface area contributed by atoms with Gasteiger partial charge in [0.2, 0.25) is 0 Å². The van der Waals surface area contributed by atoms with Crippen LogP contribution in [-0.4, -0.2) is 22.2 Å². The van der Waals surface area contributed by atoms with Crippen LogP contribution in [0, 0.1) is 23.0 Å². The zero-order valence-corrected chi connectivity index (χ0v) is 17.0. The summed E-state index contributed by atoms with van der Waals surface area (Å²) in [6.45, 7) is 1.87. The number of pyridine rings is 1. The first-order valence-electron chi connectivity index (χ1n) is 9.63. The average Bonchev–Trinajstić information content (AvgIpc) is 2.79. The number of nitriles is 1. The minimum absolute atomic E-state index is 0.0163. The van der Waals surface area contributed by atoms with Gasteiger partial charge in [-0.05, 0) is 41.3 Å². The summed E-state index contributed by atoms with van der Waals surface area (Å²) < 4.78 is 39.0. The van der Waals surface area contributed by atoms with Gasteiger partial charge in [-0.25, -0.2) is 13.6 Å². The molecule has 9 heteroatoms. The Morgan fingerprint density at radius 1 is 1.16 bits per heavy atom. The van der Waals surface area contributed by atoms with Crippen molar-refractivity contribution in [1.82, 2.24) is 4.98 Å². The van der Waals surface area contributed by atoms with Crippen molar-refractivity contribution in [2.24, 2.45) is 5.73 Å². The second kappa shape index (κ2) is 9.85. The summed E-state index contributed by atoms with van der Waals surface area (Å²) in [5.74, 6) is -5.04. The third-order valence-electron chi connectivity index (χ3n) is 4.57. The summed E-state index contributed by atoms with van der Waals surface area (Å²) in [7, 11) is 0. The molecule has 32 heavy (non-hydrogen) atoms. The lowest BCUT2D eigenvalue weighted by atomic mass is 10.0. The molecule has 1 heterocycles. The fourth-order valence-electron chi connectivity index (χ4n) is 2.89. The molecule has 3 aromatic rings. The van der Waals surface area contributed by atoms with E-state index >= 15 is 0 Å². The fraction of sp³-hybridized carbons (Fsp3) is 0.174. The van der Waals surface area contributed by atoms with E-state index in [1.165, 1.54) is 19.1 Å². The van der Waals surface area contributed by atoms with Crippen molar-refractivity contribution in [3.05, 3.63) is 71.3 Å². The number of ether oxygens (including phenoxy) is 2. The van der Waals surface area contributed by atoms with Crippen LogP contribution in [0.25, 0.3) is 11.1 Å². The van der Waals surface area contributed by atoms with Crippen molar-refractivity contribution in [3.63, 3.8) is 0 Å². The highest BCUT2D eigenvalue weighted by molar-refractivity contribution is 5.72. The van der Waals surface area contributed by atoms with Gasteiger partial charge in [0, 0.05) is 12.6 Å². The molecule has 0 aliphatic carbocycles. The van der Waals surface area contributed by atoms with E-state index in [0.29, 0.717) is 18.2 Å². The molecule has 0 aliphatic rings. The van der Waals surface area contributed by atoms with Gasteiger partial charge in [-0.2, -0.15) is 10.2 Å². The van der Waals surface area contributed by atoms with Crippen molar-refractivity contribution in [2.45, 2.75) is 26.0 Å². The average molecular weight is 439 g/mol. The van der Waals surface area contributed by atoms with E-state index in [1.54, 1.807) is 6.07 Å². The van der Waals surface area contributed by atoms with Gasteiger partial charge >= 0.3 is 5.97 Å². The SMILES string of the molecule is CC[C@@H](Oc1nc(Oc2cc(-c3cccc(CN)c3)ccc2C#N)c(F)cc1F)C(=O)O.